The summed E-state index contributed by atoms with van der Waals surface area (Å²) in [5.41, 5.74) is 2.64. The standard InChI is InChI=1S/C30H21Cl2FI2N2O4S/c1-3-40-29(39)25-15(2)36-30-37(26(25)18-5-7-19(33)8-6-18)28(38)24(42-30)13-17-11-22(34)27(23(35)12-17)41-14-16-4-9-20(31)21(32)10-16/h4-13,26H,3,14H2,1-2H3/b24-13-/t26-/m0/s1. The van der Waals surface area contributed by atoms with Gasteiger partial charge < -0.3 is 9.47 Å². The first-order valence-electron chi connectivity index (χ1n) is 12.6. The van der Waals surface area contributed by atoms with Gasteiger partial charge in [0.05, 0.1) is 45.6 Å². The lowest BCUT2D eigenvalue weighted by atomic mass is 9.96. The Hall–Kier alpha value is -2.26. The van der Waals surface area contributed by atoms with Crippen molar-refractivity contribution in [1.82, 2.24) is 4.57 Å². The monoisotopic (exact) mass is 848 g/mol. The lowest BCUT2D eigenvalue weighted by molar-refractivity contribution is -0.139. The lowest BCUT2D eigenvalue weighted by Crippen LogP contribution is -2.39. The summed E-state index contributed by atoms with van der Waals surface area (Å²) in [6, 6.07) is 14.2. The van der Waals surface area contributed by atoms with E-state index in [0.717, 1.165) is 18.3 Å². The van der Waals surface area contributed by atoms with E-state index in [0.29, 0.717) is 43.0 Å². The van der Waals surface area contributed by atoms with E-state index < -0.39 is 17.8 Å². The second-order valence-corrected chi connectivity index (χ2v) is 13.4. The van der Waals surface area contributed by atoms with Crippen molar-refractivity contribution in [2.75, 3.05) is 6.61 Å². The third kappa shape index (κ3) is 6.47. The number of ether oxygens (including phenoxy) is 2. The van der Waals surface area contributed by atoms with Gasteiger partial charge in [0.15, 0.2) is 4.80 Å². The van der Waals surface area contributed by atoms with Crippen molar-refractivity contribution >= 4 is 91.8 Å². The molecule has 216 valence electrons. The number of aromatic nitrogens is 1. The zero-order valence-electron chi connectivity index (χ0n) is 22.1. The normalized spacial score (nSPS) is 14.9. The number of carbonyl (C=O) groups excluding carboxylic acids is 1. The molecule has 12 heteroatoms. The van der Waals surface area contributed by atoms with Gasteiger partial charge in [-0.2, -0.15) is 0 Å². The first-order valence-corrected chi connectivity index (χ1v) is 16.3. The summed E-state index contributed by atoms with van der Waals surface area (Å²) in [5, 5.41) is 0.945. The molecule has 0 fully saturated rings. The van der Waals surface area contributed by atoms with Crippen molar-refractivity contribution in [2.24, 2.45) is 4.99 Å². The van der Waals surface area contributed by atoms with E-state index in [1.54, 1.807) is 44.2 Å². The van der Waals surface area contributed by atoms with Crippen molar-refractivity contribution in [3.63, 3.8) is 0 Å². The van der Waals surface area contributed by atoms with E-state index in [9.17, 15) is 14.0 Å². The maximum atomic E-state index is 13.8. The van der Waals surface area contributed by atoms with Gasteiger partial charge in [0.1, 0.15) is 18.2 Å². The molecule has 0 unspecified atom stereocenters. The van der Waals surface area contributed by atoms with Gasteiger partial charge in [0.25, 0.3) is 5.56 Å². The molecular formula is C30H21Cl2FI2N2O4S. The van der Waals surface area contributed by atoms with E-state index in [1.165, 1.54) is 28.0 Å². The average Bonchev–Trinajstić information content (AvgIpc) is 3.24. The molecule has 4 aromatic rings. The Labute approximate surface area is 281 Å². The van der Waals surface area contributed by atoms with Gasteiger partial charge in [-0.1, -0.05) is 52.7 Å². The molecule has 6 nitrogen and oxygen atoms in total. The molecule has 0 bridgehead atoms. The second-order valence-electron chi connectivity index (χ2n) is 9.20. The first kappa shape index (κ1) is 31.2. The average molecular weight is 849 g/mol. The number of hydrogen-bond donors (Lipinski definition) is 0. The number of hydrogen-bond acceptors (Lipinski definition) is 6. The number of thiazole rings is 1. The molecule has 0 radical (unpaired) electrons. The highest BCUT2D eigenvalue weighted by Crippen LogP contribution is 2.32. The van der Waals surface area contributed by atoms with Crippen molar-refractivity contribution in [3.8, 4) is 5.75 Å². The van der Waals surface area contributed by atoms with Crippen LogP contribution in [0.5, 0.6) is 5.75 Å². The SMILES string of the molecule is CCOC(=O)C1=C(C)N=c2s/c(=C\c3cc(I)c(OCc4ccc(Cl)c(Cl)c4)c(I)c3)c(=O)n2[C@H]1c1ccc(F)cc1. The fourth-order valence-electron chi connectivity index (χ4n) is 4.49. The number of nitrogens with zero attached hydrogens (tertiary/aromatic N) is 2. The Morgan fingerprint density at radius 3 is 2.43 bits per heavy atom. The van der Waals surface area contributed by atoms with Crippen LogP contribution in [0.15, 0.2) is 75.7 Å². The van der Waals surface area contributed by atoms with Crippen LogP contribution in [0.2, 0.25) is 10.0 Å². The molecule has 0 N–H and O–H groups in total. The zero-order chi connectivity index (χ0) is 30.1. The largest absolute Gasteiger partial charge is 0.487 e. The summed E-state index contributed by atoms with van der Waals surface area (Å²) in [5.74, 6) is -0.270. The summed E-state index contributed by atoms with van der Waals surface area (Å²) in [7, 11) is 0. The van der Waals surface area contributed by atoms with Gasteiger partial charge in [-0.25, -0.2) is 14.2 Å². The van der Waals surface area contributed by atoms with Gasteiger partial charge >= 0.3 is 5.97 Å². The van der Waals surface area contributed by atoms with Crippen molar-refractivity contribution in [2.45, 2.75) is 26.5 Å². The smallest absolute Gasteiger partial charge is 0.338 e. The molecule has 0 saturated heterocycles. The highest BCUT2D eigenvalue weighted by Gasteiger charge is 2.33. The van der Waals surface area contributed by atoms with Gasteiger partial charge in [0.2, 0.25) is 0 Å². The van der Waals surface area contributed by atoms with Crippen LogP contribution >= 0.6 is 79.7 Å². The van der Waals surface area contributed by atoms with E-state index in [-0.39, 0.29) is 17.7 Å². The number of esters is 1. The number of allylic oxidation sites excluding steroid dienone is 1. The summed E-state index contributed by atoms with van der Waals surface area (Å²) in [6.45, 7) is 3.90. The first-order chi connectivity index (χ1) is 20.1. The van der Waals surface area contributed by atoms with Gasteiger partial charge in [0, 0.05) is 0 Å². The van der Waals surface area contributed by atoms with Crippen LogP contribution < -0.4 is 19.6 Å². The third-order valence-corrected chi connectivity index (χ3v) is 9.71. The van der Waals surface area contributed by atoms with E-state index in [1.807, 2.05) is 18.2 Å². The van der Waals surface area contributed by atoms with Crippen LogP contribution in [0.25, 0.3) is 6.08 Å². The minimum absolute atomic E-state index is 0.167. The molecule has 0 spiro atoms. The molecule has 0 saturated carbocycles. The number of carbonyl (C=O) groups is 1. The van der Waals surface area contributed by atoms with Crippen molar-refractivity contribution < 1.29 is 18.7 Å². The van der Waals surface area contributed by atoms with Gasteiger partial charge in [-0.05, 0) is 118 Å². The van der Waals surface area contributed by atoms with Crippen LogP contribution in [0.1, 0.15) is 36.6 Å². The fraction of sp³-hybridized carbons (Fsp3) is 0.167. The van der Waals surface area contributed by atoms with E-state index in [2.05, 4.69) is 50.2 Å². The lowest BCUT2D eigenvalue weighted by Gasteiger charge is -2.24. The van der Waals surface area contributed by atoms with Gasteiger partial charge in [-0.3, -0.25) is 9.36 Å². The molecule has 1 aliphatic heterocycles. The molecule has 5 rings (SSSR count). The molecule has 1 aliphatic rings. The van der Waals surface area contributed by atoms with Crippen molar-refractivity contribution in [3.05, 3.63) is 125 Å². The summed E-state index contributed by atoms with van der Waals surface area (Å²) >= 11 is 17.8. The quantitative estimate of drug-likeness (QED) is 0.148. The number of halogens is 5. The molecule has 1 aromatic heterocycles. The molecular weight excluding hydrogens is 828 g/mol. The summed E-state index contributed by atoms with van der Waals surface area (Å²) < 4.78 is 28.8. The molecule has 0 amide bonds. The van der Waals surface area contributed by atoms with Crippen LogP contribution in [0.3, 0.4) is 0 Å². The molecule has 1 atom stereocenters. The summed E-state index contributed by atoms with van der Waals surface area (Å²) in [6.07, 6.45) is 1.79. The number of rotatable bonds is 7. The number of benzene rings is 3. The highest BCUT2D eigenvalue weighted by molar-refractivity contribution is 14.1. The van der Waals surface area contributed by atoms with Crippen LogP contribution in [-0.2, 0) is 16.1 Å². The highest BCUT2D eigenvalue weighted by atomic mass is 127. The molecule has 2 heterocycles. The third-order valence-electron chi connectivity index (χ3n) is 6.39. The minimum Gasteiger partial charge on any atom is -0.487 e. The Morgan fingerprint density at radius 2 is 1.79 bits per heavy atom. The Morgan fingerprint density at radius 1 is 1.10 bits per heavy atom. The predicted octanol–water partition coefficient (Wildman–Crippen LogP) is 7.03. The maximum absolute atomic E-state index is 13.8. The van der Waals surface area contributed by atoms with Crippen molar-refractivity contribution in [1.29, 1.82) is 0 Å². The fourth-order valence-corrected chi connectivity index (χ4v) is 7.98. The topological polar surface area (TPSA) is 69.9 Å². The van der Waals surface area contributed by atoms with Crippen LogP contribution in [0, 0.1) is 13.0 Å². The Kier molecular flexibility index (Phi) is 9.77. The Bertz CT molecular complexity index is 1900. The second kappa shape index (κ2) is 13.2. The molecule has 42 heavy (non-hydrogen) atoms. The molecule has 3 aromatic carbocycles. The maximum Gasteiger partial charge on any atom is 0.338 e. The molecule has 0 aliphatic carbocycles. The van der Waals surface area contributed by atoms with E-state index >= 15 is 0 Å². The number of fused-ring (bicyclic) bond motifs is 1. The van der Waals surface area contributed by atoms with E-state index in [4.69, 9.17) is 32.7 Å². The van der Waals surface area contributed by atoms with Gasteiger partial charge in [-0.15, -0.1) is 0 Å². The predicted molar refractivity (Wildman–Crippen MR) is 179 cm³/mol. The van der Waals surface area contributed by atoms with Crippen LogP contribution in [0.4, 0.5) is 4.39 Å². The zero-order valence-corrected chi connectivity index (χ0v) is 28.7. The Balaban J connectivity index is 1.54. The minimum atomic E-state index is -0.805. The van der Waals surface area contributed by atoms with Crippen LogP contribution in [-0.4, -0.2) is 17.1 Å². The summed E-state index contributed by atoms with van der Waals surface area (Å²) in [4.78, 5) is 31.9.